The molecule has 3 heterocycles. The molecule has 0 spiro atoms. The van der Waals surface area contributed by atoms with Gasteiger partial charge in [0.1, 0.15) is 11.4 Å². The fourth-order valence-corrected chi connectivity index (χ4v) is 3.20. The van der Waals surface area contributed by atoms with Crippen molar-refractivity contribution in [2.24, 2.45) is 0 Å². The first-order valence-electron chi connectivity index (χ1n) is 9.24. The van der Waals surface area contributed by atoms with Crippen LogP contribution < -0.4 is 4.74 Å². The topological polar surface area (TPSA) is 91.8 Å². The summed E-state index contributed by atoms with van der Waals surface area (Å²) < 4.78 is 12.7. The number of aromatic nitrogens is 6. The van der Waals surface area contributed by atoms with E-state index in [-0.39, 0.29) is 0 Å². The van der Waals surface area contributed by atoms with Crippen molar-refractivity contribution < 1.29 is 9.26 Å². The van der Waals surface area contributed by atoms with Crippen LogP contribution in [0.3, 0.4) is 0 Å². The average Bonchev–Trinajstić information content (AvgIpc) is 3.47. The van der Waals surface area contributed by atoms with Crippen molar-refractivity contribution in [2.75, 3.05) is 7.11 Å². The van der Waals surface area contributed by atoms with Crippen LogP contribution in [-0.2, 0) is 0 Å². The van der Waals surface area contributed by atoms with Gasteiger partial charge in [0.2, 0.25) is 5.82 Å². The second-order valence-corrected chi connectivity index (χ2v) is 6.39. The van der Waals surface area contributed by atoms with Crippen molar-refractivity contribution in [2.45, 2.75) is 0 Å². The molecule has 8 nitrogen and oxygen atoms in total. The fraction of sp³-hybridized carbons (Fsp3) is 0.0455. The molecule has 5 rings (SSSR count). The van der Waals surface area contributed by atoms with Crippen LogP contribution in [0.1, 0.15) is 0 Å². The third-order valence-corrected chi connectivity index (χ3v) is 4.60. The van der Waals surface area contributed by atoms with Crippen LogP contribution in [0, 0.1) is 0 Å². The van der Waals surface area contributed by atoms with E-state index in [1.807, 2.05) is 66.7 Å². The highest BCUT2D eigenvalue weighted by molar-refractivity contribution is 5.76. The highest BCUT2D eigenvalue weighted by atomic mass is 16.5. The SMILES string of the molecule is COc1ccccc1-c1nc(-c2nnn(-c3ccccc3)c2-c2ccncc2)no1. The molecule has 146 valence electrons. The minimum Gasteiger partial charge on any atom is -0.496 e. The van der Waals surface area contributed by atoms with Crippen LogP contribution in [0.2, 0.25) is 0 Å². The molecule has 8 heteroatoms. The van der Waals surface area contributed by atoms with Gasteiger partial charge in [0.05, 0.1) is 18.4 Å². The Hall–Kier alpha value is -4.33. The van der Waals surface area contributed by atoms with Crippen LogP contribution in [0.5, 0.6) is 5.75 Å². The molecule has 0 unspecified atom stereocenters. The van der Waals surface area contributed by atoms with E-state index in [0.29, 0.717) is 28.7 Å². The predicted octanol–water partition coefficient (Wildman–Crippen LogP) is 4.05. The first-order chi connectivity index (χ1) is 14.8. The van der Waals surface area contributed by atoms with Crippen molar-refractivity contribution in [1.82, 2.24) is 30.1 Å². The van der Waals surface area contributed by atoms with Gasteiger partial charge in [0.15, 0.2) is 5.69 Å². The number of para-hydroxylation sites is 2. The Kier molecular flexibility index (Phi) is 4.49. The molecule has 0 aliphatic rings. The van der Waals surface area contributed by atoms with E-state index in [9.17, 15) is 0 Å². The van der Waals surface area contributed by atoms with Crippen molar-refractivity contribution in [3.8, 4) is 45.7 Å². The largest absolute Gasteiger partial charge is 0.496 e. The predicted molar refractivity (Wildman–Crippen MR) is 110 cm³/mol. The number of benzene rings is 2. The molecular weight excluding hydrogens is 380 g/mol. The molecule has 3 aromatic heterocycles. The first-order valence-corrected chi connectivity index (χ1v) is 9.24. The molecule has 0 amide bonds. The molecule has 0 atom stereocenters. The molecule has 30 heavy (non-hydrogen) atoms. The lowest BCUT2D eigenvalue weighted by Gasteiger charge is -2.07. The van der Waals surface area contributed by atoms with Gasteiger partial charge in [-0.2, -0.15) is 4.98 Å². The van der Waals surface area contributed by atoms with E-state index in [1.165, 1.54) is 0 Å². The number of hydrogen-bond donors (Lipinski definition) is 0. The Bertz CT molecular complexity index is 1280. The first kappa shape index (κ1) is 17.7. The minimum absolute atomic E-state index is 0.338. The van der Waals surface area contributed by atoms with E-state index in [4.69, 9.17) is 9.26 Å². The van der Waals surface area contributed by atoms with Gasteiger partial charge in [0, 0.05) is 18.0 Å². The molecule has 0 N–H and O–H groups in total. The summed E-state index contributed by atoms with van der Waals surface area (Å²) in [6.45, 7) is 0. The molecule has 0 radical (unpaired) electrons. The molecule has 0 saturated carbocycles. The zero-order valence-electron chi connectivity index (χ0n) is 16.0. The third-order valence-electron chi connectivity index (χ3n) is 4.60. The summed E-state index contributed by atoms with van der Waals surface area (Å²) in [4.78, 5) is 8.67. The van der Waals surface area contributed by atoms with Gasteiger partial charge in [-0.3, -0.25) is 4.98 Å². The standard InChI is InChI=1S/C22H16N6O2/c1-29-18-10-6-5-9-17(18)22-24-21(26-30-22)19-20(15-11-13-23-14-12-15)28(27-25-19)16-7-3-2-4-8-16/h2-14H,1H3. The lowest BCUT2D eigenvalue weighted by atomic mass is 10.1. The Morgan fingerprint density at radius 1 is 0.900 bits per heavy atom. The van der Waals surface area contributed by atoms with E-state index in [0.717, 1.165) is 16.9 Å². The van der Waals surface area contributed by atoms with Crippen LogP contribution in [0.25, 0.3) is 39.9 Å². The lowest BCUT2D eigenvalue weighted by molar-refractivity contribution is 0.405. The van der Waals surface area contributed by atoms with Crippen LogP contribution in [0.4, 0.5) is 0 Å². The number of methoxy groups -OCH3 is 1. The van der Waals surface area contributed by atoms with Crippen molar-refractivity contribution in [3.63, 3.8) is 0 Å². The minimum atomic E-state index is 0.338. The average molecular weight is 396 g/mol. The zero-order chi connectivity index (χ0) is 20.3. The summed E-state index contributed by atoms with van der Waals surface area (Å²) in [6.07, 6.45) is 3.44. The Morgan fingerprint density at radius 3 is 2.47 bits per heavy atom. The van der Waals surface area contributed by atoms with E-state index in [2.05, 4.69) is 25.4 Å². The van der Waals surface area contributed by atoms with Gasteiger partial charge < -0.3 is 9.26 Å². The quantitative estimate of drug-likeness (QED) is 0.442. The Balaban J connectivity index is 1.66. The monoisotopic (exact) mass is 396 g/mol. The molecule has 0 aliphatic heterocycles. The normalized spacial score (nSPS) is 10.8. The van der Waals surface area contributed by atoms with Gasteiger partial charge in [-0.25, -0.2) is 4.68 Å². The summed E-state index contributed by atoms with van der Waals surface area (Å²) >= 11 is 0. The molecule has 0 fully saturated rings. The molecule has 2 aromatic carbocycles. The molecule has 0 aliphatic carbocycles. The van der Waals surface area contributed by atoms with Crippen LogP contribution >= 0.6 is 0 Å². The summed E-state index contributed by atoms with van der Waals surface area (Å²) in [5, 5.41) is 12.9. The van der Waals surface area contributed by atoms with E-state index >= 15 is 0 Å². The maximum absolute atomic E-state index is 5.52. The lowest BCUT2D eigenvalue weighted by Crippen LogP contribution is -1.99. The number of hydrogen-bond acceptors (Lipinski definition) is 7. The van der Waals surface area contributed by atoms with Gasteiger partial charge in [-0.1, -0.05) is 40.7 Å². The van der Waals surface area contributed by atoms with Gasteiger partial charge in [-0.05, 0) is 36.4 Å². The van der Waals surface area contributed by atoms with Crippen molar-refractivity contribution in [3.05, 3.63) is 79.1 Å². The number of rotatable bonds is 5. The Morgan fingerprint density at radius 2 is 1.67 bits per heavy atom. The summed E-state index contributed by atoms with van der Waals surface area (Å²) in [6, 6.07) is 21.0. The molecule has 0 saturated heterocycles. The maximum Gasteiger partial charge on any atom is 0.262 e. The molecule has 5 aromatic rings. The molecular formula is C22H16N6O2. The van der Waals surface area contributed by atoms with E-state index < -0.39 is 0 Å². The number of nitrogens with zero attached hydrogens (tertiary/aromatic N) is 6. The van der Waals surface area contributed by atoms with Crippen LogP contribution in [0.15, 0.2) is 83.6 Å². The van der Waals surface area contributed by atoms with Crippen LogP contribution in [-0.4, -0.2) is 37.2 Å². The third kappa shape index (κ3) is 3.10. The van der Waals surface area contributed by atoms with Gasteiger partial charge in [-0.15, -0.1) is 5.10 Å². The van der Waals surface area contributed by atoms with Crippen molar-refractivity contribution in [1.29, 1.82) is 0 Å². The van der Waals surface area contributed by atoms with Crippen molar-refractivity contribution >= 4 is 0 Å². The fourth-order valence-electron chi connectivity index (χ4n) is 3.20. The summed E-state index contributed by atoms with van der Waals surface area (Å²) in [5.41, 5.74) is 3.72. The zero-order valence-corrected chi connectivity index (χ0v) is 16.0. The smallest absolute Gasteiger partial charge is 0.262 e. The Labute approximate surface area is 171 Å². The highest BCUT2D eigenvalue weighted by Crippen LogP contribution is 2.33. The summed E-state index contributed by atoms with van der Waals surface area (Å²) in [7, 11) is 1.60. The van der Waals surface area contributed by atoms with E-state index in [1.54, 1.807) is 24.2 Å². The summed E-state index contributed by atoms with van der Waals surface area (Å²) in [5.74, 6) is 1.33. The van der Waals surface area contributed by atoms with Gasteiger partial charge in [0.25, 0.3) is 5.89 Å². The number of ether oxygens (including phenoxy) is 1. The second-order valence-electron chi connectivity index (χ2n) is 6.39. The number of pyridine rings is 1. The second kappa shape index (κ2) is 7.59. The maximum atomic E-state index is 5.52. The van der Waals surface area contributed by atoms with Gasteiger partial charge >= 0.3 is 0 Å². The highest BCUT2D eigenvalue weighted by Gasteiger charge is 2.23. The molecule has 0 bridgehead atoms.